The number of rotatable bonds is 5. The van der Waals surface area contributed by atoms with Crippen molar-refractivity contribution in [2.45, 2.75) is 11.7 Å². The second-order valence-corrected chi connectivity index (χ2v) is 7.57. The topological polar surface area (TPSA) is 79.2 Å². The van der Waals surface area contributed by atoms with E-state index >= 15 is 0 Å². The minimum atomic E-state index is -1.11. The summed E-state index contributed by atoms with van der Waals surface area (Å²) in [5.74, 6) is -2.44. The lowest BCUT2D eigenvalue weighted by Gasteiger charge is -2.31. The van der Waals surface area contributed by atoms with Crippen molar-refractivity contribution in [1.82, 2.24) is 5.32 Å². The highest BCUT2D eigenvalue weighted by atomic mass is 35.5. The smallest absolute Gasteiger partial charge is 0.319 e. The molecular formula is C21H17ClN2O3S. The number of carbonyl (C=O) groups excluding carboxylic acids is 2. The molecule has 142 valence electrons. The molecule has 28 heavy (non-hydrogen) atoms. The van der Waals surface area contributed by atoms with E-state index in [0.717, 1.165) is 5.56 Å². The fourth-order valence-electron chi connectivity index (χ4n) is 3.12. The third-order valence-electron chi connectivity index (χ3n) is 4.41. The second-order valence-electron chi connectivity index (χ2n) is 6.15. The molecule has 0 saturated heterocycles. The number of nitriles is 1. The van der Waals surface area contributed by atoms with Crippen molar-refractivity contribution in [1.29, 1.82) is 5.26 Å². The molecule has 0 saturated carbocycles. The summed E-state index contributed by atoms with van der Waals surface area (Å²) in [5, 5.41) is 13.6. The SMILES string of the molecule is COC(=O)[C@@H]1C(=O)NC(SCc2cccc(Cl)c2)=C(C#N)[C@H]1c1ccccc1. The van der Waals surface area contributed by atoms with Gasteiger partial charge >= 0.3 is 5.97 Å². The summed E-state index contributed by atoms with van der Waals surface area (Å²) in [6.07, 6.45) is 0. The van der Waals surface area contributed by atoms with Crippen molar-refractivity contribution >= 4 is 35.2 Å². The molecule has 3 rings (SSSR count). The van der Waals surface area contributed by atoms with Gasteiger partial charge in [0.05, 0.1) is 23.8 Å². The van der Waals surface area contributed by atoms with Crippen molar-refractivity contribution in [2.24, 2.45) is 5.92 Å². The molecule has 0 fully saturated rings. The van der Waals surface area contributed by atoms with Gasteiger partial charge in [0, 0.05) is 16.7 Å². The van der Waals surface area contributed by atoms with Crippen LogP contribution in [0.5, 0.6) is 0 Å². The van der Waals surface area contributed by atoms with Crippen molar-refractivity contribution in [2.75, 3.05) is 7.11 Å². The Balaban J connectivity index is 2.00. The van der Waals surface area contributed by atoms with Crippen molar-refractivity contribution < 1.29 is 14.3 Å². The van der Waals surface area contributed by atoms with Gasteiger partial charge in [-0.2, -0.15) is 5.26 Å². The summed E-state index contributed by atoms with van der Waals surface area (Å²) < 4.78 is 4.83. The summed E-state index contributed by atoms with van der Waals surface area (Å²) in [6.45, 7) is 0. The predicted molar refractivity (Wildman–Crippen MR) is 108 cm³/mol. The van der Waals surface area contributed by atoms with Gasteiger partial charge in [0.1, 0.15) is 5.92 Å². The minimum absolute atomic E-state index is 0.341. The zero-order chi connectivity index (χ0) is 20.1. The van der Waals surface area contributed by atoms with Crippen molar-refractivity contribution in [3.8, 4) is 6.07 Å². The molecule has 0 radical (unpaired) electrons. The lowest BCUT2D eigenvalue weighted by molar-refractivity contribution is -0.150. The third-order valence-corrected chi connectivity index (χ3v) is 5.74. The van der Waals surface area contributed by atoms with Gasteiger partial charge in [-0.15, -0.1) is 11.8 Å². The van der Waals surface area contributed by atoms with Crippen LogP contribution in [-0.4, -0.2) is 19.0 Å². The first-order valence-electron chi connectivity index (χ1n) is 8.50. The number of halogens is 1. The average Bonchev–Trinajstić information content (AvgIpc) is 2.71. The number of allylic oxidation sites excluding steroid dienone is 1. The van der Waals surface area contributed by atoms with E-state index in [1.165, 1.54) is 18.9 Å². The Kier molecular flexibility index (Phi) is 6.40. The molecule has 2 aromatic rings. The Morgan fingerprint density at radius 3 is 2.64 bits per heavy atom. The summed E-state index contributed by atoms with van der Waals surface area (Å²) in [4.78, 5) is 25.0. The van der Waals surface area contributed by atoms with Crippen LogP contribution in [-0.2, 0) is 20.1 Å². The molecule has 2 atom stereocenters. The lowest BCUT2D eigenvalue weighted by atomic mass is 9.78. The monoisotopic (exact) mass is 412 g/mol. The van der Waals surface area contributed by atoms with Gasteiger partial charge in [0.2, 0.25) is 5.91 Å². The number of nitrogens with zero attached hydrogens (tertiary/aromatic N) is 1. The standard InChI is InChI=1S/C21H17ClN2O3S/c1-27-21(26)18-17(14-7-3-2-4-8-14)16(11-23)20(24-19(18)25)28-12-13-6-5-9-15(22)10-13/h2-10,17-18H,12H2,1H3,(H,24,25)/t17-,18+/m1/s1. The van der Waals surface area contributed by atoms with Gasteiger partial charge < -0.3 is 10.1 Å². The maximum absolute atomic E-state index is 12.7. The number of nitrogens with one attached hydrogen (secondary N) is 1. The summed E-state index contributed by atoms with van der Waals surface area (Å²) >= 11 is 7.35. The van der Waals surface area contributed by atoms with E-state index in [9.17, 15) is 14.9 Å². The van der Waals surface area contributed by atoms with E-state index in [4.69, 9.17) is 16.3 Å². The van der Waals surface area contributed by atoms with E-state index in [1.807, 2.05) is 36.4 Å². The van der Waals surface area contributed by atoms with Crippen LogP contribution in [0.15, 0.2) is 65.2 Å². The van der Waals surface area contributed by atoms with Crippen LogP contribution in [0.3, 0.4) is 0 Å². The number of carbonyl (C=O) groups is 2. The fourth-order valence-corrected chi connectivity index (χ4v) is 4.33. The zero-order valence-electron chi connectivity index (χ0n) is 15.0. The Morgan fingerprint density at radius 2 is 2.00 bits per heavy atom. The molecule has 1 amide bonds. The maximum atomic E-state index is 12.7. The number of hydrogen-bond acceptors (Lipinski definition) is 5. The molecule has 0 aliphatic carbocycles. The predicted octanol–water partition coefficient (Wildman–Crippen LogP) is 4.01. The number of ether oxygens (including phenoxy) is 1. The number of esters is 1. The molecule has 2 aromatic carbocycles. The largest absolute Gasteiger partial charge is 0.468 e. The van der Waals surface area contributed by atoms with Gasteiger partial charge in [-0.1, -0.05) is 54.1 Å². The molecule has 0 aromatic heterocycles. The van der Waals surface area contributed by atoms with Gasteiger partial charge in [0.15, 0.2) is 0 Å². The van der Waals surface area contributed by atoms with Gasteiger partial charge in [0.25, 0.3) is 0 Å². The van der Waals surface area contributed by atoms with E-state index in [-0.39, 0.29) is 0 Å². The maximum Gasteiger partial charge on any atom is 0.319 e. The zero-order valence-corrected chi connectivity index (χ0v) is 16.6. The number of hydrogen-bond donors (Lipinski definition) is 1. The van der Waals surface area contributed by atoms with Crippen LogP contribution < -0.4 is 5.32 Å². The van der Waals surface area contributed by atoms with Crippen LogP contribution in [0.25, 0.3) is 0 Å². The van der Waals surface area contributed by atoms with E-state index in [0.29, 0.717) is 26.9 Å². The highest BCUT2D eigenvalue weighted by Gasteiger charge is 2.44. The molecule has 1 N–H and O–H groups in total. The normalized spacial score (nSPS) is 19.0. The molecule has 1 heterocycles. The van der Waals surface area contributed by atoms with E-state index < -0.39 is 23.7 Å². The summed E-state index contributed by atoms with van der Waals surface area (Å²) in [5.41, 5.74) is 2.02. The van der Waals surface area contributed by atoms with Crippen molar-refractivity contribution in [3.63, 3.8) is 0 Å². The molecule has 5 nitrogen and oxygen atoms in total. The Hall–Kier alpha value is -2.75. The molecular weight excluding hydrogens is 396 g/mol. The molecule has 0 spiro atoms. The summed E-state index contributed by atoms with van der Waals surface area (Å²) in [6, 6.07) is 18.6. The number of methoxy groups -OCH3 is 1. The van der Waals surface area contributed by atoms with E-state index in [1.54, 1.807) is 18.2 Å². The third kappa shape index (κ3) is 4.22. The quantitative estimate of drug-likeness (QED) is 0.592. The first kappa shape index (κ1) is 20.0. The number of thioether (sulfide) groups is 1. The Morgan fingerprint density at radius 1 is 1.25 bits per heavy atom. The van der Waals surface area contributed by atoms with Crippen LogP contribution in [0.1, 0.15) is 17.0 Å². The number of amides is 1. The molecule has 1 aliphatic heterocycles. The molecule has 0 unspecified atom stereocenters. The first-order chi connectivity index (χ1) is 13.5. The average molecular weight is 413 g/mol. The van der Waals surface area contributed by atoms with Crippen molar-refractivity contribution in [3.05, 3.63) is 81.3 Å². The lowest BCUT2D eigenvalue weighted by Crippen LogP contribution is -2.44. The minimum Gasteiger partial charge on any atom is -0.468 e. The van der Waals surface area contributed by atoms with Gasteiger partial charge in [-0.25, -0.2) is 0 Å². The molecule has 0 bridgehead atoms. The van der Waals surface area contributed by atoms with Crippen LogP contribution in [0.4, 0.5) is 0 Å². The van der Waals surface area contributed by atoms with Crippen LogP contribution in [0, 0.1) is 17.2 Å². The highest BCUT2D eigenvalue weighted by molar-refractivity contribution is 8.02. The molecule has 1 aliphatic rings. The Bertz CT molecular complexity index is 969. The van der Waals surface area contributed by atoms with Gasteiger partial charge in [-0.3, -0.25) is 9.59 Å². The van der Waals surface area contributed by atoms with Crippen LogP contribution >= 0.6 is 23.4 Å². The fraction of sp³-hybridized carbons (Fsp3) is 0.190. The van der Waals surface area contributed by atoms with Crippen LogP contribution in [0.2, 0.25) is 5.02 Å². The van der Waals surface area contributed by atoms with Gasteiger partial charge in [-0.05, 0) is 23.3 Å². The second kappa shape index (κ2) is 8.96. The summed E-state index contributed by atoms with van der Waals surface area (Å²) in [7, 11) is 1.23. The van der Waals surface area contributed by atoms with E-state index in [2.05, 4.69) is 11.4 Å². The first-order valence-corrected chi connectivity index (χ1v) is 9.86. The number of benzene rings is 2. The Labute approximate surface area is 172 Å². The molecule has 7 heteroatoms. The highest BCUT2D eigenvalue weighted by Crippen LogP contribution is 2.40.